The van der Waals surface area contributed by atoms with Crippen molar-refractivity contribution in [1.29, 1.82) is 0 Å². The van der Waals surface area contributed by atoms with Gasteiger partial charge in [0.25, 0.3) is 5.91 Å². The number of ketones is 1. The van der Waals surface area contributed by atoms with Crippen LogP contribution in [0, 0.1) is 12.7 Å². The zero-order valence-electron chi connectivity index (χ0n) is 12.7. The Balaban J connectivity index is 1.93. The SMILES string of the molecule is CC(=O)c1cccc(NC(=O)c2[nH]c3cc(F)ccc3c2C)c1. The lowest BCUT2D eigenvalue weighted by Gasteiger charge is -2.06. The largest absolute Gasteiger partial charge is 0.350 e. The summed E-state index contributed by atoms with van der Waals surface area (Å²) in [4.78, 5) is 26.8. The van der Waals surface area contributed by atoms with Crippen LogP contribution < -0.4 is 5.32 Å². The number of carbonyl (C=O) groups is 2. The molecule has 4 nitrogen and oxygen atoms in total. The Morgan fingerprint density at radius 3 is 2.65 bits per heavy atom. The van der Waals surface area contributed by atoms with Crippen LogP contribution in [0.5, 0.6) is 0 Å². The zero-order chi connectivity index (χ0) is 16.6. The van der Waals surface area contributed by atoms with E-state index < -0.39 is 0 Å². The van der Waals surface area contributed by atoms with E-state index in [9.17, 15) is 14.0 Å². The molecule has 0 fully saturated rings. The minimum atomic E-state index is -0.361. The van der Waals surface area contributed by atoms with E-state index in [0.29, 0.717) is 22.5 Å². The summed E-state index contributed by atoms with van der Waals surface area (Å²) >= 11 is 0. The highest BCUT2D eigenvalue weighted by Crippen LogP contribution is 2.23. The molecule has 2 N–H and O–H groups in total. The first-order chi connectivity index (χ1) is 11.0. The number of Topliss-reactive ketones (excluding diaryl/α,β-unsaturated/α-hetero) is 1. The monoisotopic (exact) mass is 310 g/mol. The average molecular weight is 310 g/mol. The van der Waals surface area contributed by atoms with Crippen LogP contribution in [0.25, 0.3) is 10.9 Å². The van der Waals surface area contributed by atoms with Crippen molar-refractivity contribution in [3.63, 3.8) is 0 Å². The number of hydrogen-bond donors (Lipinski definition) is 2. The first kappa shape index (κ1) is 15.0. The molecule has 0 radical (unpaired) electrons. The highest BCUT2D eigenvalue weighted by molar-refractivity contribution is 6.08. The van der Waals surface area contributed by atoms with E-state index in [2.05, 4.69) is 10.3 Å². The van der Waals surface area contributed by atoms with Crippen LogP contribution in [-0.2, 0) is 0 Å². The van der Waals surface area contributed by atoms with E-state index in [0.717, 1.165) is 10.9 Å². The van der Waals surface area contributed by atoms with Gasteiger partial charge in [-0.25, -0.2) is 4.39 Å². The van der Waals surface area contributed by atoms with Gasteiger partial charge in [-0.1, -0.05) is 12.1 Å². The Kier molecular flexibility index (Phi) is 3.70. The van der Waals surface area contributed by atoms with Crippen molar-refractivity contribution in [2.75, 3.05) is 5.32 Å². The van der Waals surface area contributed by atoms with Crippen LogP contribution in [0.2, 0.25) is 0 Å². The van der Waals surface area contributed by atoms with Gasteiger partial charge < -0.3 is 10.3 Å². The molecule has 0 spiro atoms. The summed E-state index contributed by atoms with van der Waals surface area (Å²) in [5.41, 5.74) is 2.76. The molecule has 0 bridgehead atoms. The van der Waals surface area contributed by atoms with Gasteiger partial charge >= 0.3 is 0 Å². The second kappa shape index (κ2) is 5.68. The van der Waals surface area contributed by atoms with Gasteiger partial charge in [-0.15, -0.1) is 0 Å². The molecule has 0 aliphatic heterocycles. The van der Waals surface area contributed by atoms with Gasteiger partial charge in [-0.05, 0) is 49.7 Å². The number of aromatic amines is 1. The highest BCUT2D eigenvalue weighted by atomic mass is 19.1. The molecule has 116 valence electrons. The van der Waals surface area contributed by atoms with Gasteiger partial charge in [0.2, 0.25) is 0 Å². The number of anilines is 1. The molecule has 0 atom stereocenters. The van der Waals surface area contributed by atoms with Crippen LogP contribution in [0.4, 0.5) is 10.1 Å². The van der Waals surface area contributed by atoms with Crippen LogP contribution in [0.3, 0.4) is 0 Å². The fourth-order valence-electron chi connectivity index (χ4n) is 2.55. The van der Waals surface area contributed by atoms with Crippen molar-refractivity contribution in [1.82, 2.24) is 4.98 Å². The average Bonchev–Trinajstić information content (AvgIpc) is 2.84. The maximum absolute atomic E-state index is 13.3. The first-order valence-electron chi connectivity index (χ1n) is 7.16. The number of halogens is 1. The maximum Gasteiger partial charge on any atom is 0.272 e. The van der Waals surface area contributed by atoms with Crippen molar-refractivity contribution in [3.8, 4) is 0 Å². The molecule has 1 amide bonds. The Hall–Kier alpha value is -2.95. The van der Waals surface area contributed by atoms with Crippen molar-refractivity contribution < 1.29 is 14.0 Å². The third-order valence-corrected chi connectivity index (χ3v) is 3.77. The fourth-order valence-corrected chi connectivity index (χ4v) is 2.55. The van der Waals surface area contributed by atoms with Crippen LogP contribution in [0.1, 0.15) is 33.3 Å². The van der Waals surface area contributed by atoms with Crippen LogP contribution >= 0.6 is 0 Å². The number of rotatable bonds is 3. The topological polar surface area (TPSA) is 62.0 Å². The predicted octanol–water partition coefficient (Wildman–Crippen LogP) is 4.07. The lowest BCUT2D eigenvalue weighted by molar-refractivity contribution is 0.100. The van der Waals surface area contributed by atoms with E-state index in [-0.39, 0.29) is 17.5 Å². The second-order valence-corrected chi connectivity index (χ2v) is 5.41. The predicted molar refractivity (Wildman–Crippen MR) is 87.4 cm³/mol. The summed E-state index contributed by atoms with van der Waals surface area (Å²) in [6, 6.07) is 11.1. The molecule has 3 aromatic rings. The maximum atomic E-state index is 13.3. The summed E-state index contributed by atoms with van der Waals surface area (Å²) in [6.45, 7) is 3.27. The molecule has 5 heteroatoms. The minimum absolute atomic E-state index is 0.0710. The standard InChI is InChI=1S/C18H15FN2O2/c1-10-15-7-6-13(19)9-16(15)21-17(10)18(23)20-14-5-3-4-12(8-14)11(2)22/h3-9,21H,1-2H3,(H,20,23). The zero-order valence-corrected chi connectivity index (χ0v) is 12.7. The number of fused-ring (bicyclic) bond motifs is 1. The van der Waals surface area contributed by atoms with Crippen molar-refractivity contribution in [2.45, 2.75) is 13.8 Å². The molecular weight excluding hydrogens is 295 g/mol. The molecule has 0 aliphatic carbocycles. The van der Waals surface area contributed by atoms with Crippen molar-refractivity contribution in [2.24, 2.45) is 0 Å². The van der Waals surface area contributed by atoms with E-state index in [4.69, 9.17) is 0 Å². The van der Waals surface area contributed by atoms with Gasteiger partial charge in [-0.3, -0.25) is 9.59 Å². The van der Waals surface area contributed by atoms with Crippen LogP contribution in [-0.4, -0.2) is 16.7 Å². The normalized spacial score (nSPS) is 10.7. The van der Waals surface area contributed by atoms with Gasteiger partial charge in [0.1, 0.15) is 11.5 Å². The smallest absolute Gasteiger partial charge is 0.272 e. The van der Waals surface area contributed by atoms with Gasteiger partial charge in [0.05, 0.1) is 0 Å². The van der Waals surface area contributed by atoms with Crippen LogP contribution in [0.15, 0.2) is 42.5 Å². The number of benzene rings is 2. The summed E-state index contributed by atoms with van der Waals surface area (Å²) in [7, 11) is 0. The van der Waals surface area contributed by atoms with Crippen molar-refractivity contribution in [3.05, 3.63) is 65.1 Å². The number of aromatic nitrogens is 1. The Bertz CT molecular complexity index is 928. The van der Waals surface area contributed by atoms with Gasteiger partial charge in [0, 0.05) is 22.2 Å². The quantitative estimate of drug-likeness (QED) is 0.716. The number of aryl methyl sites for hydroxylation is 1. The summed E-state index contributed by atoms with van der Waals surface area (Å²) < 4.78 is 13.3. The first-order valence-corrected chi connectivity index (χ1v) is 7.16. The van der Waals surface area contributed by atoms with E-state index in [1.165, 1.54) is 19.1 Å². The molecule has 0 saturated heterocycles. The minimum Gasteiger partial charge on any atom is -0.350 e. The Morgan fingerprint density at radius 2 is 1.91 bits per heavy atom. The highest BCUT2D eigenvalue weighted by Gasteiger charge is 2.15. The molecule has 0 aliphatic rings. The lowest BCUT2D eigenvalue weighted by atomic mass is 10.1. The number of nitrogens with one attached hydrogen (secondary N) is 2. The van der Waals surface area contributed by atoms with E-state index in [1.54, 1.807) is 37.3 Å². The molecule has 3 rings (SSSR count). The number of hydrogen-bond acceptors (Lipinski definition) is 2. The lowest BCUT2D eigenvalue weighted by Crippen LogP contribution is -2.13. The molecule has 0 unspecified atom stereocenters. The third kappa shape index (κ3) is 2.85. The molecule has 0 saturated carbocycles. The van der Waals surface area contributed by atoms with E-state index in [1.807, 2.05) is 0 Å². The second-order valence-electron chi connectivity index (χ2n) is 5.41. The van der Waals surface area contributed by atoms with Gasteiger partial charge in [0.15, 0.2) is 5.78 Å². The molecule has 2 aromatic carbocycles. The number of carbonyl (C=O) groups excluding carboxylic acids is 2. The third-order valence-electron chi connectivity index (χ3n) is 3.77. The van der Waals surface area contributed by atoms with Gasteiger partial charge in [-0.2, -0.15) is 0 Å². The van der Waals surface area contributed by atoms with Crippen molar-refractivity contribution >= 4 is 28.3 Å². The van der Waals surface area contributed by atoms with E-state index >= 15 is 0 Å². The molecule has 23 heavy (non-hydrogen) atoms. The Labute approximate surface area is 132 Å². The Morgan fingerprint density at radius 1 is 1.13 bits per heavy atom. The fraction of sp³-hybridized carbons (Fsp3) is 0.111. The summed E-state index contributed by atoms with van der Waals surface area (Å²) in [5.74, 6) is -0.766. The summed E-state index contributed by atoms with van der Waals surface area (Å²) in [6.07, 6.45) is 0. The number of H-pyrrole nitrogens is 1. The molecular formula is C18H15FN2O2. The number of amides is 1. The summed E-state index contributed by atoms with van der Waals surface area (Å²) in [5, 5.41) is 3.55. The molecule has 1 heterocycles. The molecule has 1 aromatic heterocycles.